The second-order valence-electron chi connectivity index (χ2n) is 6.26. The van der Waals surface area contributed by atoms with Gasteiger partial charge in [0, 0.05) is 36.1 Å². The first-order valence-corrected chi connectivity index (χ1v) is 11.8. The second kappa shape index (κ2) is 9.31. The minimum absolute atomic E-state index is 0.223. The number of nitrogens with one attached hydrogen (secondary N) is 2. The lowest BCUT2D eigenvalue weighted by Gasteiger charge is -2.18. The summed E-state index contributed by atoms with van der Waals surface area (Å²) in [5.74, 6) is -0.0375. The summed E-state index contributed by atoms with van der Waals surface area (Å²) in [6.45, 7) is 1.30. The number of amides is 1. The maximum atomic E-state index is 12.5. The fourth-order valence-corrected chi connectivity index (χ4v) is 5.05. The molecule has 29 heavy (non-hydrogen) atoms. The van der Waals surface area contributed by atoms with E-state index in [-0.39, 0.29) is 11.7 Å². The molecule has 0 spiro atoms. The van der Waals surface area contributed by atoms with Crippen LogP contribution < -0.4 is 15.8 Å². The number of hydrogen-bond donors (Lipinski definition) is 3. The van der Waals surface area contributed by atoms with Crippen LogP contribution in [0.3, 0.4) is 0 Å². The number of sulfonamides is 1. The number of pyridine rings is 1. The number of carbonyl (C=O) groups is 1. The summed E-state index contributed by atoms with van der Waals surface area (Å²) >= 11 is 13.2. The molecule has 1 saturated heterocycles. The Balaban J connectivity index is 1.51. The molecule has 2 aromatic heterocycles. The van der Waals surface area contributed by atoms with Crippen molar-refractivity contribution < 1.29 is 13.2 Å². The standard InChI is InChI=1S/C17H19Cl2N5O3S2/c18-14-2-1-11(28-14)5-10-29(26,27)23-13-4-8-24(17(13)25)9-7-21-12-3-6-22-16(20)15(12)19/h1-3,5-6,10,13,23H,4,7-9H2,(H3,20,21,22)/t13-/m0/s1. The summed E-state index contributed by atoms with van der Waals surface area (Å²) in [5, 5.41) is 4.47. The fourth-order valence-electron chi connectivity index (χ4n) is 2.80. The smallest absolute Gasteiger partial charge is 0.240 e. The van der Waals surface area contributed by atoms with E-state index < -0.39 is 16.1 Å². The molecule has 0 aliphatic carbocycles. The minimum atomic E-state index is -3.75. The third-order valence-electron chi connectivity index (χ3n) is 4.22. The van der Waals surface area contributed by atoms with Gasteiger partial charge in [0.05, 0.1) is 10.0 Å². The van der Waals surface area contributed by atoms with Gasteiger partial charge in [-0.25, -0.2) is 13.4 Å². The number of aromatic nitrogens is 1. The average molecular weight is 476 g/mol. The quantitative estimate of drug-likeness (QED) is 0.539. The number of likely N-dealkylation sites (tertiary alicyclic amines) is 1. The Bertz CT molecular complexity index is 1030. The first-order valence-electron chi connectivity index (χ1n) is 8.63. The summed E-state index contributed by atoms with van der Waals surface area (Å²) in [5.41, 5.74) is 6.28. The Morgan fingerprint density at radius 3 is 2.86 bits per heavy atom. The Labute approximate surface area is 182 Å². The van der Waals surface area contributed by atoms with E-state index in [1.54, 1.807) is 23.1 Å². The maximum absolute atomic E-state index is 12.5. The summed E-state index contributed by atoms with van der Waals surface area (Å²) in [4.78, 5) is 18.7. The van der Waals surface area contributed by atoms with Crippen molar-refractivity contribution >= 4 is 68.1 Å². The van der Waals surface area contributed by atoms with Gasteiger partial charge in [-0.1, -0.05) is 23.2 Å². The van der Waals surface area contributed by atoms with Gasteiger partial charge in [-0.3, -0.25) is 4.79 Å². The van der Waals surface area contributed by atoms with Crippen molar-refractivity contribution in [2.45, 2.75) is 12.5 Å². The average Bonchev–Trinajstić information content (AvgIpc) is 3.23. The van der Waals surface area contributed by atoms with Crippen molar-refractivity contribution in [1.29, 1.82) is 0 Å². The molecule has 1 aliphatic rings. The van der Waals surface area contributed by atoms with Crippen LogP contribution >= 0.6 is 34.5 Å². The number of thiophene rings is 1. The zero-order valence-corrected chi connectivity index (χ0v) is 18.3. The van der Waals surface area contributed by atoms with Gasteiger partial charge in [0.2, 0.25) is 15.9 Å². The zero-order valence-electron chi connectivity index (χ0n) is 15.1. The Morgan fingerprint density at radius 1 is 1.34 bits per heavy atom. The number of anilines is 2. The lowest BCUT2D eigenvalue weighted by atomic mass is 10.3. The van der Waals surface area contributed by atoms with E-state index in [1.165, 1.54) is 23.6 Å². The van der Waals surface area contributed by atoms with Gasteiger partial charge in [-0.15, -0.1) is 11.3 Å². The maximum Gasteiger partial charge on any atom is 0.240 e. The van der Waals surface area contributed by atoms with Crippen LogP contribution in [0.1, 0.15) is 11.3 Å². The molecular formula is C17H19Cl2N5O3S2. The van der Waals surface area contributed by atoms with Crippen LogP contribution in [0.25, 0.3) is 6.08 Å². The van der Waals surface area contributed by atoms with Gasteiger partial charge in [0.15, 0.2) is 0 Å². The van der Waals surface area contributed by atoms with Gasteiger partial charge in [-0.2, -0.15) is 4.72 Å². The summed E-state index contributed by atoms with van der Waals surface area (Å²) in [6.07, 6.45) is 3.39. The number of rotatable bonds is 8. The summed E-state index contributed by atoms with van der Waals surface area (Å²) in [7, 11) is -3.75. The number of hydrogen-bond acceptors (Lipinski definition) is 7. The predicted molar refractivity (Wildman–Crippen MR) is 118 cm³/mol. The number of nitrogens with two attached hydrogens (primary N) is 1. The number of nitrogen functional groups attached to an aromatic ring is 1. The Hall–Kier alpha value is -1.85. The van der Waals surface area contributed by atoms with Crippen LogP contribution in [0.5, 0.6) is 0 Å². The normalized spacial score (nSPS) is 17.4. The third kappa shape index (κ3) is 5.83. The predicted octanol–water partition coefficient (Wildman–Crippen LogP) is 2.64. The fraction of sp³-hybridized carbons (Fsp3) is 0.294. The molecule has 1 fully saturated rings. The highest BCUT2D eigenvalue weighted by molar-refractivity contribution is 7.92. The van der Waals surface area contributed by atoms with Crippen molar-refractivity contribution in [3.63, 3.8) is 0 Å². The van der Waals surface area contributed by atoms with E-state index in [0.29, 0.717) is 46.0 Å². The first kappa shape index (κ1) is 21.8. The molecular weight excluding hydrogens is 457 g/mol. The molecule has 1 amide bonds. The van der Waals surface area contributed by atoms with Crippen LogP contribution in [-0.4, -0.2) is 49.9 Å². The van der Waals surface area contributed by atoms with Gasteiger partial charge in [-0.05, 0) is 30.7 Å². The molecule has 0 bridgehead atoms. The summed E-state index contributed by atoms with van der Waals surface area (Å²) in [6, 6.07) is 4.31. The molecule has 0 aromatic carbocycles. The Morgan fingerprint density at radius 2 is 2.14 bits per heavy atom. The molecule has 2 aromatic rings. The highest BCUT2D eigenvalue weighted by atomic mass is 35.5. The van der Waals surface area contributed by atoms with Crippen LogP contribution in [0, 0.1) is 0 Å². The third-order valence-corrected chi connectivity index (χ3v) is 6.92. The molecule has 156 valence electrons. The molecule has 12 heteroatoms. The van der Waals surface area contributed by atoms with Crippen molar-refractivity contribution in [2.75, 3.05) is 30.7 Å². The lowest BCUT2D eigenvalue weighted by Crippen LogP contribution is -2.41. The van der Waals surface area contributed by atoms with Crippen LogP contribution in [0.15, 0.2) is 29.8 Å². The van der Waals surface area contributed by atoms with Crippen LogP contribution in [0.2, 0.25) is 9.36 Å². The molecule has 0 unspecified atom stereocenters. The molecule has 4 N–H and O–H groups in total. The molecule has 0 saturated carbocycles. The van der Waals surface area contributed by atoms with E-state index in [9.17, 15) is 13.2 Å². The molecule has 1 atom stereocenters. The molecule has 3 heterocycles. The van der Waals surface area contributed by atoms with Crippen molar-refractivity contribution in [3.8, 4) is 0 Å². The summed E-state index contributed by atoms with van der Waals surface area (Å²) < 4.78 is 27.5. The van der Waals surface area contributed by atoms with Gasteiger partial charge in [0.25, 0.3) is 0 Å². The van der Waals surface area contributed by atoms with E-state index >= 15 is 0 Å². The highest BCUT2D eigenvalue weighted by Crippen LogP contribution is 2.25. The van der Waals surface area contributed by atoms with Crippen molar-refractivity contribution in [2.24, 2.45) is 0 Å². The van der Waals surface area contributed by atoms with Gasteiger partial charge >= 0.3 is 0 Å². The highest BCUT2D eigenvalue weighted by Gasteiger charge is 2.33. The van der Waals surface area contributed by atoms with E-state index in [2.05, 4.69) is 15.0 Å². The van der Waals surface area contributed by atoms with Gasteiger partial charge in [0.1, 0.15) is 16.9 Å². The van der Waals surface area contributed by atoms with Gasteiger partial charge < -0.3 is 16.0 Å². The van der Waals surface area contributed by atoms with Crippen molar-refractivity contribution in [1.82, 2.24) is 14.6 Å². The SMILES string of the molecule is Nc1nccc(NCCN2CC[C@H](NS(=O)(=O)C=Cc3ccc(Cl)s3)C2=O)c1Cl. The number of nitrogens with zero attached hydrogens (tertiary/aromatic N) is 2. The van der Waals surface area contributed by atoms with Crippen molar-refractivity contribution in [3.05, 3.63) is 44.0 Å². The lowest BCUT2D eigenvalue weighted by molar-refractivity contribution is -0.128. The van der Waals surface area contributed by atoms with E-state index in [0.717, 1.165) is 5.41 Å². The first-order chi connectivity index (χ1) is 13.7. The topological polar surface area (TPSA) is 117 Å². The monoisotopic (exact) mass is 475 g/mol. The second-order valence-corrected chi connectivity index (χ2v) is 9.98. The molecule has 8 nitrogen and oxygen atoms in total. The minimum Gasteiger partial charge on any atom is -0.382 e. The van der Waals surface area contributed by atoms with E-state index in [1.807, 2.05) is 0 Å². The zero-order chi connectivity index (χ0) is 21.0. The largest absolute Gasteiger partial charge is 0.382 e. The van der Waals surface area contributed by atoms with Crippen LogP contribution in [-0.2, 0) is 14.8 Å². The van der Waals surface area contributed by atoms with E-state index in [4.69, 9.17) is 28.9 Å². The number of carbonyl (C=O) groups excluding carboxylic acids is 1. The molecule has 3 rings (SSSR count). The number of halogens is 2. The van der Waals surface area contributed by atoms with Crippen LogP contribution in [0.4, 0.5) is 11.5 Å². The Kier molecular flexibility index (Phi) is 7.01. The molecule has 1 aliphatic heterocycles. The molecule has 0 radical (unpaired) electrons.